The number of rotatable bonds is 3. The molecule has 0 saturated carbocycles. The van der Waals surface area contributed by atoms with E-state index in [2.05, 4.69) is 5.32 Å². The van der Waals surface area contributed by atoms with Crippen molar-refractivity contribution in [2.45, 2.75) is 44.7 Å². The first-order valence-electron chi connectivity index (χ1n) is 6.68. The third-order valence-electron chi connectivity index (χ3n) is 4.02. The van der Waals surface area contributed by atoms with E-state index in [0.29, 0.717) is 0 Å². The van der Waals surface area contributed by atoms with Gasteiger partial charge in [-0.25, -0.2) is 9.59 Å². The van der Waals surface area contributed by atoms with Crippen molar-refractivity contribution in [1.82, 2.24) is 10.2 Å². The lowest BCUT2D eigenvalue weighted by Gasteiger charge is -2.34. The van der Waals surface area contributed by atoms with E-state index >= 15 is 0 Å². The number of hydrogen-bond donors (Lipinski definition) is 2. The normalized spacial score (nSPS) is 18.2. The molecule has 1 atom stereocenters. The predicted octanol–water partition coefficient (Wildman–Crippen LogP) is 2.63. The molecule has 0 saturated heterocycles. The number of nitrogens with zero attached hydrogens (tertiary/aromatic N) is 1. The lowest BCUT2D eigenvalue weighted by atomic mass is 9.94. The Balaban J connectivity index is 2.08. The van der Waals surface area contributed by atoms with Crippen LogP contribution < -0.4 is 5.32 Å². The molecule has 2 rings (SSSR count). The Kier molecular flexibility index (Phi) is 4.04. The SMILES string of the molecule is CN(C(=O)NC1CCCc2sccc21)C(C)(C)C(=O)O. The van der Waals surface area contributed by atoms with Gasteiger partial charge >= 0.3 is 12.0 Å². The van der Waals surface area contributed by atoms with Gasteiger partial charge in [-0.3, -0.25) is 0 Å². The van der Waals surface area contributed by atoms with Gasteiger partial charge in [0.1, 0.15) is 5.54 Å². The number of amides is 2. The van der Waals surface area contributed by atoms with Crippen molar-refractivity contribution >= 4 is 23.3 Å². The molecular formula is C14H20N2O3S. The van der Waals surface area contributed by atoms with Crippen LogP contribution in [0.4, 0.5) is 4.79 Å². The number of likely N-dealkylation sites (N-methyl/N-ethyl adjacent to an activating group) is 1. The van der Waals surface area contributed by atoms with Crippen LogP contribution in [0, 0.1) is 0 Å². The van der Waals surface area contributed by atoms with Crippen LogP contribution in [0.25, 0.3) is 0 Å². The molecule has 1 aromatic rings. The molecule has 0 fully saturated rings. The minimum Gasteiger partial charge on any atom is -0.480 e. The van der Waals surface area contributed by atoms with Gasteiger partial charge in [0.2, 0.25) is 0 Å². The van der Waals surface area contributed by atoms with Crippen molar-refractivity contribution < 1.29 is 14.7 Å². The molecule has 2 N–H and O–H groups in total. The Morgan fingerprint density at radius 1 is 1.50 bits per heavy atom. The number of aryl methyl sites for hydroxylation is 1. The van der Waals surface area contributed by atoms with Gasteiger partial charge in [0, 0.05) is 11.9 Å². The van der Waals surface area contributed by atoms with Crippen LogP contribution >= 0.6 is 11.3 Å². The summed E-state index contributed by atoms with van der Waals surface area (Å²) in [6.07, 6.45) is 3.01. The Morgan fingerprint density at radius 2 is 2.20 bits per heavy atom. The number of thiophene rings is 1. The molecule has 2 amide bonds. The highest BCUT2D eigenvalue weighted by Gasteiger charge is 2.36. The van der Waals surface area contributed by atoms with E-state index in [4.69, 9.17) is 0 Å². The second-order valence-electron chi connectivity index (χ2n) is 5.62. The molecule has 1 heterocycles. The molecule has 1 unspecified atom stereocenters. The minimum atomic E-state index is -1.23. The summed E-state index contributed by atoms with van der Waals surface area (Å²) in [6, 6.07) is 1.69. The zero-order chi connectivity index (χ0) is 14.9. The van der Waals surface area contributed by atoms with Gasteiger partial charge in [0.05, 0.1) is 6.04 Å². The van der Waals surface area contributed by atoms with E-state index < -0.39 is 11.5 Å². The summed E-state index contributed by atoms with van der Waals surface area (Å²) in [4.78, 5) is 26.0. The van der Waals surface area contributed by atoms with Crippen LogP contribution in [-0.4, -0.2) is 34.6 Å². The smallest absolute Gasteiger partial charge is 0.329 e. The largest absolute Gasteiger partial charge is 0.480 e. The molecule has 110 valence electrons. The zero-order valence-electron chi connectivity index (χ0n) is 12.0. The second-order valence-corrected chi connectivity index (χ2v) is 6.62. The lowest BCUT2D eigenvalue weighted by Crippen LogP contribution is -2.54. The highest BCUT2D eigenvalue weighted by molar-refractivity contribution is 7.10. The Bertz CT molecular complexity index is 524. The molecule has 0 spiro atoms. The summed E-state index contributed by atoms with van der Waals surface area (Å²) < 4.78 is 0. The predicted molar refractivity (Wildman–Crippen MR) is 78.0 cm³/mol. The summed E-state index contributed by atoms with van der Waals surface area (Å²) >= 11 is 1.72. The molecule has 1 aliphatic rings. The monoisotopic (exact) mass is 296 g/mol. The Labute approximate surface area is 122 Å². The van der Waals surface area contributed by atoms with E-state index in [0.717, 1.165) is 19.3 Å². The lowest BCUT2D eigenvalue weighted by molar-refractivity contribution is -0.146. The number of carbonyl (C=O) groups excluding carboxylic acids is 1. The average Bonchev–Trinajstić information content (AvgIpc) is 2.86. The van der Waals surface area contributed by atoms with E-state index in [1.54, 1.807) is 11.3 Å². The van der Waals surface area contributed by atoms with E-state index in [1.165, 1.54) is 36.2 Å². The van der Waals surface area contributed by atoms with Gasteiger partial charge < -0.3 is 15.3 Å². The molecule has 0 aliphatic heterocycles. The van der Waals surface area contributed by atoms with Crippen molar-refractivity contribution in [1.29, 1.82) is 0 Å². The fraction of sp³-hybridized carbons (Fsp3) is 0.571. The highest BCUT2D eigenvalue weighted by Crippen LogP contribution is 2.33. The third-order valence-corrected chi connectivity index (χ3v) is 5.01. The number of fused-ring (bicyclic) bond motifs is 1. The molecule has 0 radical (unpaired) electrons. The minimum absolute atomic E-state index is 0.00968. The zero-order valence-corrected chi connectivity index (χ0v) is 12.8. The number of carboxylic acids is 1. The number of aliphatic carboxylic acids is 1. The van der Waals surface area contributed by atoms with Crippen molar-refractivity contribution in [3.63, 3.8) is 0 Å². The van der Waals surface area contributed by atoms with Gasteiger partial charge in [-0.05, 0) is 50.1 Å². The molecular weight excluding hydrogens is 276 g/mol. The highest BCUT2D eigenvalue weighted by atomic mass is 32.1. The maximum atomic E-state index is 12.2. The van der Waals surface area contributed by atoms with Crippen LogP contribution in [0.3, 0.4) is 0 Å². The third kappa shape index (κ3) is 2.65. The first kappa shape index (κ1) is 14.8. The van der Waals surface area contributed by atoms with Crippen LogP contribution in [0.1, 0.15) is 43.2 Å². The number of urea groups is 1. The molecule has 1 aliphatic carbocycles. The van der Waals surface area contributed by atoms with Crippen molar-refractivity contribution in [2.75, 3.05) is 7.05 Å². The van der Waals surface area contributed by atoms with Gasteiger partial charge in [0.15, 0.2) is 0 Å². The Hall–Kier alpha value is -1.56. The Morgan fingerprint density at radius 3 is 2.85 bits per heavy atom. The first-order valence-corrected chi connectivity index (χ1v) is 7.56. The van der Waals surface area contributed by atoms with Gasteiger partial charge in [0.25, 0.3) is 0 Å². The number of nitrogens with one attached hydrogen (secondary N) is 1. The maximum absolute atomic E-state index is 12.2. The quantitative estimate of drug-likeness (QED) is 0.901. The first-order chi connectivity index (χ1) is 9.34. The van der Waals surface area contributed by atoms with Gasteiger partial charge in [-0.1, -0.05) is 0 Å². The van der Waals surface area contributed by atoms with Crippen molar-refractivity contribution in [3.05, 3.63) is 21.9 Å². The molecule has 0 aromatic carbocycles. The second kappa shape index (κ2) is 5.44. The van der Waals surface area contributed by atoms with E-state index in [9.17, 15) is 14.7 Å². The molecule has 6 heteroatoms. The van der Waals surface area contributed by atoms with Crippen molar-refractivity contribution in [2.24, 2.45) is 0 Å². The summed E-state index contributed by atoms with van der Waals surface area (Å²) in [5, 5.41) is 14.2. The summed E-state index contributed by atoms with van der Waals surface area (Å²) in [5.74, 6) is -1.02. The number of carboxylic acid groups (broad SMARTS) is 1. The number of carbonyl (C=O) groups is 2. The van der Waals surface area contributed by atoms with Crippen LogP contribution in [0.15, 0.2) is 11.4 Å². The average molecular weight is 296 g/mol. The molecule has 20 heavy (non-hydrogen) atoms. The van der Waals surface area contributed by atoms with Crippen LogP contribution in [-0.2, 0) is 11.2 Å². The standard InChI is InChI=1S/C14H20N2O3S/c1-14(2,12(17)18)16(3)13(19)15-10-5-4-6-11-9(10)7-8-20-11/h7-8,10H,4-6H2,1-3H3,(H,15,19)(H,17,18). The summed E-state index contributed by atoms with van der Waals surface area (Å²) in [6.45, 7) is 3.04. The maximum Gasteiger partial charge on any atom is 0.329 e. The summed E-state index contributed by atoms with van der Waals surface area (Å²) in [7, 11) is 1.51. The van der Waals surface area contributed by atoms with Gasteiger partial charge in [-0.15, -0.1) is 11.3 Å². The fourth-order valence-corrected chi connectivity index (χ4v) is 3.27. The van der Waals surface area contributed by atoms with Crippen LogP contribution in [0.5, 0.6) is 0 Å². The van der Waals surface area contributed by atoms with E-state index in [1.807, 2.05) is 11.4 Å². The van der Waals surface area contributed by atoms with Crippen molar-refractivity contribution in [3.8, 4) is 0 Å². The molecule has 1 aromatic heterocycles. The molecule has 5 nitrogen and oxygen atoms in total. The fourth-order valence-electron chi connectivity index (χ4n) is 2.28. The topological polar surface area (TPSA) is 69.6 Å². The molecule has 0 bridgehead atoms. The van der Waals surface area contributed by atoms with Crippen LogP contribution in [0.2, 0.25) is 0 Å². The van der Waals surface area contributed by atoms with E-state index in [-0.39, 0.29) is 12.1 Å². The number of hydrogen-bond acceptors (Lipinski definition) is 3. The van der Waals surface area contributed by atoms with Gasteiger partial charge in [-0.2, -0.15) is 0 Å². The summed E-state index contributed by atoms with van der Waals surface area (Å²) in [5.41, 5.74) is -0.0490.